The molecule has 0 bridgehead atoms. The van der Waals surface area contributed by atoms with E-state index in [0.717, 1.165) is 60.7 Å². The summed E-state index contributed by atoms with van der Waals surface area (Å²) in [4.78, 5) is 32.5. The first kappa shape index (κ1) is 22.1. The summed E-state index contributed by atoms with van der Waals surface area (Å²) in [5, 5.41) is 1.12. The van der Waals surface area contributed by atoms with Gasteiger partial charge in [0.25, 0.3) is 0 Å². The van der Waals surface area contributed by atoms with E-state index in [1.165, 1.54) is 13.5 Å². The van der Waals surface area contributed by atoms with Gasteiger partial charge in [-0.15, -0.1) is 0 Å². The van der Waals surface area contributed by atoms with Crippen LogP contribution in [0.1, 0.15) is 69.5 Å². The van der Waals surface area contributed by atoms with Crippen LogP contribution in [0.3, 0.4) is 0 Å². The number of aromatic nitrogens is 1. The van der Waals surface area contributed by atoms with Crippen LogP contribution in [0.15, 0.2) is 24.3 Å². The van der Waals surface area contributed by atoms with E-state index >= 15 is 0 Å². The summed E-state index contributed by atoms with van der Waals surface area (Å²) >= 11 is 0. The van der Waals surface area contributed by atoms with E-state index in [1.807, 2.05) is 18.2 Å². The zero-order valence-corrected chi connectivity index (χ0v) is 20.2. The first-order chi connectivity index (χ1) is 16.5. The molecule has 1 aromatic carbocycles. The maximum absolute atomic E-state index is 13.8. The third-order valence-electron chi connectivity index (χ3n) is 8.83. The van der Waals surface area contributed by atoms with Crippen molar-refractivity contribution in [1.29, 1.82) is 0 Å². The minimum Gasteiger partial charge on any atom is -0.467 e. The number of methoxy groups -OCH3 is 1. The molecule has 4 aliphatic rings. The normalized spacial score (nSPS) is 32.2. The van der Waals surface area contributed by atoms with Crippen molar-refractivity contribution in [2.24, 2.45) is 5.92 Å². The van der Waals surface area contributed by atoms with Crippen LogP contribution in [-0.2, 0) is 35.8 Å². The Kier molecular flexibility index (Phi) is 5.08. The second kappa shape index (κ2) is 7.82. The van der Waals surface area contributed by atoms with E-state index in [0.29, 0.717) is 26.0 Å². The van der Waals surface area contributed by atoms with Crippen LogP contribution in [0.25, 0.3) is 10.9 Å². The van der Waals surface area contributed by atoms with Crippen molar-refractivity contribution < 1.29 is 23.8 Å². The number of amides is 1. The Bertz CT molecular complexity index is 1140. The molecular weight excluding hydrogens is 432 g/mol. The van der Waals surface area contributed by atoms with Crippen molar-refractivity contribution >= 4 is 22.8 Å². The molecule has 4 heterocycles. The number of esters is 1. The first-order valence-electron chi connectivity index (χ1n) is 12.8. The molecular formula is C27H34N2O5. The van der Waals surface area contributed by atoms with E-state index in [1.54, 1.807) is 4.90 Å². The molecule has 182 valence electrons. The third-order valence-corrected chi connectivity index (χ3v) is 8.83. The molecule has 7 heteroatoms. The molecule has 0 unspecified atom stereocenters. The number of carbonyl (C=O) groups excluding carboxylic acids is 2. The number of fused-ring (bicyclic) bond motifs is 5. The van der Waals surface area contributed by atoms with Crippen LogP contribution in [0, 0.1) is 5.92 Å². The highest BCUT2D eigenvalue weighted by atomic mass is 16.8. The molecule has 1 aromatic heterocycles. The average Bonchev–Trinajstić information content (AvgIpc) is 3.51. The summed E-state index contributed by atoms with van der Waals surface area (Å²) in [5.74, 6) is -1.16. The SMILES string of the molecule is CC[C@]1(C[C@@H]2C[C@]3(C(=O)OC)c4[nH]c5ccccc5c4CCN3C2=O)COC2(CCCCC2)O1. The van der Waals surface area contributed by atoms with E-state index in [9.17, 15) is 9.59 Å². The van der Waals surface area contributed by atoms with Gasteiger partial charge in [-0.1, -0.05) is 31.5 Å². The minimum atomic E-state index is -1.11. The van der Waals surface area contributed by atoms with Gasteiger partial charge < -0.3 is 24.1 Å². The summed E-state index contributed by atoms with van der Waals surface area (Å²) in [6.07, 6.45) is 7.76. The van der Waals surface area contributed by atoms with Crippen molar-refractivity contribution in [2.75, 3.05) is 20.3 Å². The van der Waals surface area contributed by atoms with Gasteiger partial charge in [-0.25, -0.2) is 4.79 Å². The summed E-state index contributed by atoms with van der Waals surface area (Å²) in [6, 6.07) is 8.11. The Morgan fingerprint density at radius 3 is 2.79 bits per heavy atom. The number of nitrogens with zero attached hydrogens (tertiary/aromatic N) is 1. The fourth-order valence-corrected chi connectivity index (χ4v) is 7.08. The number of nitrogens with one attached hydrogen (secondary N) is 1. The molecule has 1 amide bonds. The fraction of sp³-hybridized carbons (Fsp3) is 0.630. The topological polar surface area (TPSA) is 80.9 Å². The van der Waals surface area contributed by atoms with Crippen molar-refractivity contribution in [3.63, 3.8) is 0 Å². The summed E-state index contributed by atoms with van der Waals surface area (Å²) in [6.45, 7) is 3.14. The molecule has 3 atom stereocenters. The lowest BCUT2D eigenvalue weighted by molar-refractivity contribution is -0.208. The highest BCUT2D eigenvalue weighted by molar-refractivity contribution is 5.97. The summed E-state index contributed by atoms with van der Waals surface area (Å²) in [7, 11) is 1.41. The maximum Gasteiger partial charge on any atom is 0.338 e. The highest BCUT2D eigenvalue weighted by Gasteiger charge is 2.62. The molecule has 7 nitrogen and oxygen atoms in total. The Balaban J connectivity index is 1.36. The van der Waals surface area contributed by atoms with Crippen LogP contribution in [-0.4, -0.2) is 53.4 Å². The number of benzene rings is 1. The van der Waals surface area contributed by atoms with Gasteiger partial charge in [-0.2, -0.15) is 0 Å². The lowest BCUT2D eigenvalue weighted by Gasteiger charge is -2.39. The van der Waals surface area contributed by atoms with Crippen LogP contribution in [0.2, 0.25) is 0 Å². The Morgan fingerprint density at radius 2 is 2.03 bits per heavy atom. The molecule has 1 aliphatic carbocycles. The number of H-pyrrole nitrogens is 1. The van der Waals surface area contributed by atoms with Crippen LogP contribution in [0.5, 0.6) is 0 Å². The summed E-state index contributed by atoms with van der Waals surface area (Å²) in [5.41, 5.74) is 1.33. The lowest BCUT2D eigenvalue weighted by atomic mass is 9.80. The molecule has 2 aromatic rings. The van der Waals surface area contributed by atoms with Gasteiger partial charge in [-0.3, -0.25) is 4.79 Å². The molecule has 1 saturated carbocycles. The number of rotatable bonds is 4. The predicted molar refractivity (Wildman–Crippen MR) is 126 cm³/mol. The van der Waals surface area contributed by atoms with E-state index in [2.05, 4.69) is 18.0 Å². The second-order valence-corrected chi connectivity index (χ2v) is 10.6. The number of hydrogen-bond acceptors (Lipinski definition) is 5. The lowest BCUT2D eigenvalue weighted by Crippen LogP contribution is -2.53. The van der Waals surface area contributed by atoms with Crippen LogP contribution >= 0.6 is 0 Å². The number of hydrogen-bond donors (Lipinski definition) is 1. The first-order valence-corrected chi connectivity index (χ1v) is 12.8. The Labute approximate surface area is 200 Å². The standard InChI is InChI=1S/C27H34N2O5/c1-3-25(17-33-26(34-25)12-7-4-8-13-26)15-18-16-27(24(31)32-2)22-20(11-14-29(27)23(18)30)19-9-5-6-10-21(19)28-22/h5-6,9-10,18,28H,3-4,7-8,11-17H2,1-2H3/t18-,25+,27-/m1/s1. The smallest absolute Gasteiger partial charge is 0.338 e. The van der Waals surface area contributed by atoms with Gasteiger partial charge in [-0.05, 0) is 50.2 Å². The Morgan fingerprint density at radius 1 is 1.24 bits per heavy atom. The molecule has 3 fully saturated rings. The third kappa shape index (κ3) is 3.02. The molecule has 1 N–H and O–H groups in total. The molecule has 2 saturated heterocycles. The number of ether oxygens (including phenoxy) is 3. The van der Waals surface area contributed by atoms with E-state index < -0.39 is 16.9 Å². The predicted octanol–water partition coefficient (Wildman–Crippen LogP) is 4.19. The van der Waals surface area contributed by atoms with Crippen molar-refractivity contribution in [3.8, 4) is 0 Å². The number of aromatic amines is 1. The molecule has 1 spiro atoms. The molecule has 3 aliphatic heterocycles. The van der Waals surface area contributed by atoms with Gasteiger partial charge in [0.1, 0.15) is 0 Å². The number of carbonyl (C=O) groups is 2. The summed E-state index contributed by atoms with van der Waals surface area (Å²) < 4.78 is 18.4. The highest BCUT2D eigenvalue weighted by Crippen LogP contribution is 2.52. The van der Waals surface area contributed by atoms with Gasteiger partial charge in [0.15, 0.2) is 11.3 Å². The van der Waals surface area contributed by atoms with Gasteiger partial charge >= 0.3 is 5.97 Å². The van der Waals surface area contributed by atoms with E-state index in [-0.39, 0.29) is 17.8 Å². The van der Waals surface area contributed by atoms with Crippen molar-refractivity contribution in [2.45, 2.75) is 81.6 Å². The monoisotopic (exact) mass is 466 g/mol. The zero-order valence-electron chi connectivity index (χ0n) is 20.2. The minimum absolute atomic E-state index is 0.0238. The quantitative estimate of drug-likeness (QED) is 0.684. The van der Waals surface area contributed by atoms with Gasteiger partial charge in [0.05, 0.1) is 25.0 Å². The van der Waals surface area contributed by atoms with Crippen LogP contribution in [0.4, 0.5) is 0 Å². The number of para-hydroxylation sites is 1. The Hall–Kier alpha value is -2.38. The second-order valence-electron chi connectivity index (χ2n) is 10.6. The van der Waals surface area contributed by atoms with Gasteiger partial charge in [0, 0.05) is 36.2 Å². The largest absolute Gasteiger partial charge is 0.467 e. The maximum atomic E-state index is 13.8. The molecule has 34 heavy (non-hydrogen) atoms. The van der Waals surface area contributed by atoms with Crippen molar-refractivity contribution in [3.05, 3.63) is 35.5 Å². The average molecular weight is 467 g/mol. The van der Waals surface area contributed by atoms with Crippen molar-refractivity contribution in [1.82, 2.24) is 9.88 Å². The molecule has 0 radical (unpaired) electrons. The zero-order chi connectivity index (χ0) is 23.6. The van der Waals surface area contributed by atoms with E-state index in [4.69, 9.17) is 14.2 Å². The fourth-order valence-electron chi connectivity index (χ4n) is 7.08. The molecule has 6 rings (SSSR count). The van der Waals surface area contributed by atoms with Gasteiger partial charge in [0.2, 0.25) is 5.91 Å². The van der Waals surface area contributed by atoms with Crippen LogP contribution < -0.4 is 0 Å².